The number of methoxy groups -OCH3 is 1. The molecule has 8 heteroatoms. The van der Waals surface area contributed by atoms with Crippen molar-refractivity contribution in [3.8, 4) is 17.2 Å². The van der Waals surface area contributed by atoms with Gasteiger partial charge < -0.3 is 18.2 Å². The van der Waals surface area contributed by atoms with E-state index in [0.717, 1.165) is 17.0 Å². The summed E-state index contributed by atoms with van der Waals surface area (Å²) < 4.78 is 17.8. The number of rotatable bonds is 6. The molecule has 3 aromatic heterocycles. The van der Waals surface area contributed by atoms with Crippen molar-refractivity contribution in [1.82, 2.24) is 24.7 Å². The highest BCUT2D eigenvalue weighted by Crippen LogP contribution is 2.22. The number of hydrogen-bond acceptors (Lipinski definition) is 7. The average Bonchev–Trinajstić information content (AvgIpc) is 3.39. The Morgan fingerprint density at radius 3 is 2.80 bits per heavy atom. The molecule has 0 spiro atoms. The maximum atomic E-state index is 5.54. The fourth-order valence-corrected chi connectivity index (χ4v) is 2.38. The minimum Gasteiger partial charge on any atom is -0.497 e. The van der Waals surface area contributed by atoms with Crippen LogP contribution in [-0.2, 0) is 13.0 Å². The van der Waals surface area contributed by atoms with Gasteiger partial charge >= 0.3 is 0 Å². The van der Waals surface area contributed by atoms with Crippen LogP contribution in [0.25, 0.3) is 11.5 Å². The Balaban J connectivity index is 1.44. The summed E-state index contributed by atoms with van der Waals surface area (Å²) in [6.45, 7) is 0.489. The molecule has 0 radical (unpaired) electrons. The highest BCUT2D eigenvalue weighted by molar-refractivity contribution is 5.54. The molecule has 25 heavy (non-hydrogen) atoms. The van der Waals surface area contributed by atoms with E-state index in [1.807, 2.05) is 35.0 Å². The first kappa shape index (κ1) is 15.1. The molecular formula is C17H15N5O3. The van der Waals surface area contributed by atoms with Gasteiger partial charge in [-0.2, -0.15) is 4.98 Å². The Hall–Kier alpha value is -3.42. The molecule has 0 atom stereocenters. The van der Waals surface area contributed by atoms with Gasteiger partial charge in [-0.05, 0) is 24.3 Å². The maximum Gasteiger partial charge on any atom is 0.246 e. The molecule has 0 amide bonds. The van der Waals surface area contributed by atoms with E-state index in [-0.39, 0.29) is 0 Å². The summed E-state index contributed by atoms with van der Waals surface area (Å²) >= 11 is 0. The third-order valence-electron chi connectivity index (χ3n) is 3.62. The molecule has 8 nitrogen and oxygen atoms in total. The number of aromatic nitrogens is 5. The molecule has 4 rings (SSSR count). The fourth-order valence-electron chi connectivity index (χ4n) is 2.38. The van der Waals surface area contributed by atoms with Gasteiger partial charge in [0, 0.05) is 18.0 Å². The second-order valence-electron chi connectivity index (χ2n) is 5.39. The number of hydrogen-bond donors (Lipinski definition) is 0. The van der Waals surface area contributed by atoms with Crippen molar-refractivity contribution in [2.75, 3.05) is 7.11 Å². The molecule has 3 heterocycles. The lowest BCUT2D eigenvalue weighted by Gasteiger charge is -1.99. The van der Waals surface area contributed by atoms with Crippen molar-refractivity contribution in [1.29, 1.82) is 0 Å². The van der Waals surface area contributed by atoms with Gasteiger partial charge in [0.1, 0.15) is 18.6 Å². The van der Waals surface area contributed by atoms with Gasteiger partial charge in [0.05, 0.1) is 25.6 Å². The van der Waals surface area contributed by atoms with Gasteiger partial charge in [-0.25, -0.2) is 9.97 Å². The van der Waals surface area contributed by atoms with Crippen LogP contribution in [0.1, 0.15) is 17.4 Å². The fraction of sp³-hybridized carbons (Fsp3) is 0.176. The van der Waals surface area contributed by atoms with E-state index in [0.29, 0.717) is 30.6 Å². The van der Waals surface area contributed by atoms with Crippen molar-refractivity contribution in [2.45, 2.75) is 13.0 Å². The maximum absolute atomic E-state index is 5.54. The summed E-state index contributed by atoms with van der Waals surface area (Å²) in [6.07, 6.45) is 7.27. The van der Waals surface area contributed by atoms with Crippen molar-refractivity contribution in [2.24, 2.45) is 0 Å². The van der Waals surface area contributed by atoms with Gasteiger partial charge in [0.25, 0.3) is 0 Å². The first-order chi connectivity index (χ1) is 12.3. The van der Waals surface area contributed by atoms with Gasteiger partial charge in [0.2, 0.25) is 11.8 Å². The Morgan fingerprint density at radius 1 is 1.16 bits per heavy atom. The first-order valence-electron chi connectivity index (χ1n) is 7.66. The molecule has 126 valence electrons. The molecule has 4 aromatic rings. The summed E-state index contributed by atoms with van der Waals surface area (Å²) in [5.74, 6) is 2.41. The van der Waals surface area contributed by atoms with Gasteiger partial charge in [-0.3, -0.25) is 0 Å². The standard InChI is InChI=1S/C17H15N5O3/c1-23-14-4-2-12(3-5-14)17-19-13(10-24-17)8-15-20-16(25-21-15)9-22-7-6-18-11-22/h2-7,10-11H,8-9H2,1H3. The zero-order valence-electron chi connectivity index (χ0n) is 13.5. The van der Waals surface area contributed by atoms with E-state index in [9.17, 15) is 0 Å². The van der Waals surface area contributed by atoms with Crippen LogP contribution in [-0.4, -0.2) is 31.8 Å². The Morgan fingerprint density at radius 2 is 2.04 bits per heavy atom. The van der Waals surface area contributed by atoms with Crippen LogP contribution in [0, 0.1) is 0 Å². The van der Waals surface area contributed by atoms with Gasteiger partial charge in [-0.1, -0.05) is 5.16 Å². The van der Waals surface area contributed by atoms with Crippen LogP contribution in [0.5, 0.6) is 5.75 Å². The van der Waals surface area contributed by atoms with E-state index in [4.69, 9.17) is 13.7 Å². The molecule has 1 aromatic carbocycles. The molecule has 0 fully saturated rings. The lowest BCUT2D eigenvalue weighted by molar-refractivity contribution is 0.366. The normalized spacial score (nSPS) is 10.9. The second-order valence-corrected chi connectivity index (χ2v) is 5.39. The minimum atomic E-state index is 0.438. The van der Waals surface area contributed by atoms with Crippen LogP contribution >= 0.6 is 0 Å². The monoisotopic (exact) mass is 337 g/mol. The predicted octanol–water partition coefficient (Wildman–Crippen LogP) is 2.57. The number of ether oxygens (including phenoxy) is 1. The molecule has 0 N–H and O–H groups in total. The highest BCUT2D eigenvalue weighted by Gasteiger charge is 2.12. The van der Waals surface area contributed by atoms with Crippen molar-refractivity contribution in [3.63, 3.8) is 0 Å². The van der Waals surface area contributed by atoms with Crippen molar-refractivity contribution < 1.29 is 13.7 Å². The summed E-state index contributed by atoms with van der Waals surface area (Å²) in [4.78, 5) is 12.8. The molecular weight excluding hydrogens is 322 g/mol. The van der Waals surface area contributed by atoms with E-state index in [2.05, 4.69) is 20.1 Å². The van der Waals surface area contributed by atoms with Crippen LogP contribution in [0.3, 0.4) is 0 Å². The summed E-state index contributed by atoms with van der Waals surface area (Å²) in [7, 11) is 1.63. The van der Waals surface area contributed by atoms with Crippen LogP contribution in [0.4, 0.5) is 0 Å². The average molecular weight is 337 g/mol. The largest absolute Gasteiger partial charge is 0.497 e. The highest BCUT2D eigenvalue weighted by atomic mass is 16.5. The number of benzene rings is 1. The van der Waals surface area contributed by atoms with E-state index in [1.54, 1.807) is 25.9 Å². The Kier molecular flexibility index (Phi) is 3.99. The summed E-state index contributed by atoms with van der Waals surface area (Å²) in [5.41, 5.74) is 1.61. The third-order valence-corrected chi connectivity index (χ3v) is 3.62. The Labute approximate surface area is 143 Å². The second kappa shape index (κ2) is 6.60. The van der Waals surface area contributed by atoms with Crippen LogP contribution in [0.2, 0.25) is 0 Å². The van der Waals surface area contributed by atoms with E-state index < -0.39 is 0 Å². The summed E-state index contributed by atoms with van der Waals surface area (Å²) in [6, 6.07) is 7.51. The minimum absolute atomic E-state index is 0.438. The molecule has 0 aliphatic rings. The summed E-state index contributed by atoms with van der Waals surface area (Å²) in [5, 5.41) is 3.98. The van der Waals surface area contributed by atoms with Gasteiger partial charge in [-0.15, -0.1) is 0 Å². The van der Waals surface area contributed by atoms with Crippen molar-refractivity contribution in [3.05, 3.63) is 66.7 Å². The van der Waals surface area contributed by atoms with Gasteiger partial charge in [0.15, 0.2) is 5.82 Å². The number of oxazole rings is 1. The van der Waals surface area contributed by atoms with Crippen LogP contribution < -0.4 is 4.74 Å². The molecule has 0 saturated heterocycles. The van der Waals surface area contributed by atoms with Crippen LogP contribution in [0.15, 0.2) is 58.2 Å². The zero-order chi connectivity index (χ0) is 17.1. The first-order valence-corrected chi connectivity index (χ1v) is 7.66. The van der Waals surface area contributed by atoms with Crippen molar-refractivity contribution >= 4 is 0 Å². The molecule has 0 aliphatic carbocycles. The Bertz CT molecular complexity index is 941. The number of nitrogens with zero attached hydrogens (tertiary/aromatic N) is 5. The van der Waals surface area contributed by atoms with E-state index in [1.165, 1.54) is 0 Å². The molecule has 0 bridgehead atoms. The number of imidazole rings is 1. The quantitative estimate of drug-likeness (QED) is 0.534. The SMILES string of the molecule is COc1ccc(-c2nc(Cc3noc(Cn4ccnc4)n3)co2)cc1. The molecule has 0 aliphatic heterocycles. The van der Waals surface area contributed by atoms with E-state index >= 15 is 0 Å². The molecule has 0 unspecified atom stereocenters. The topological polar surface area (TPSA) is 92.0 Å². The lowest BCUT2D eigenvalue weighted by atomic mass is 10.2. The zero-order valence-corrected chi connectivity index (χ0v) is 13.5. The lowest BCUT2D eigenvalue weighted by Crippen LogP contribution is -1.97. The molecule has 0 saturated carbocycles. The third kappa shape index (κ3) is 3.42. The smallest absolute Gasteiger partial charge is 0.246 e. The predicted molar refractivity (Wildman–Crippen MR) is 86.9 cm³/mol.